The molecule has 0 aliphatic heterocycles. The van der Waals surface area contributed by atoms with Gasteiger partial charge in [0.2, 0.25) is 0 Å². The van der Waals surface area contributed by atoms with Crippen LogP contribution in [0.25, 0.3) is 38.6 Å². The first-order valence-electron chi connectivity index (χ1n) is 19.5. The van der Waals surface area contributed by atoms with Crippen LogP contribution in [0.3, 0.4) is 0 Å². The Morgan fingerprint density at radius 2 is 1.31 bits per heavy atom. The lowest BCUT2D eigenvalue weighted by Crippen LogP contribution is -2.27. The molecule has 6 aliphatic carbocycles. The molecule has 0 N–H and O–H groups in total. The Morgan fingerprint density at radius 3 is 2.16 bits per heavy atom. The average Bonchev–Trinajstić information content (AvgIpc) is 3.41. The highest BCUT2D eigenvalue weighted by molar-refractivity contribution is 5.91. The first-order chi connectivity index (χ1) is 24.8. The van der Waals surface area contributed by atoms with Crippen molar-refractivity contribution in [2.24, 2.45) is 17.8 Å². The Hall–Kier alpha value is -4.68. The molecule has 252 valence electrons. The highest BCUT2D eigenvalue weighted by Gasteiger charge is 2.42. The van der Waals surface area contributed by atoms with Gasteiger partial charge in [0.05, 0.1) is 0 Å². The van der Waals surface area contributed by atoms with Crippen molar-refractivity contribution in [3.63, 3.8) is 0 Å². The maximum Gasteiger partial charge on any atom is -0.00255 e. The molecule has 6 aliphatic rings. The van der Waals surface area contributed by atoms with Gasteiger partial charge in [-0.25, -0.2) is 0 Å². The highest BCUT2D eigenvalue weighted by Crippen LogP contribution is 2.54. The van der Waals surface area contributed by atoms with Crippen LogP contribution in [-0.4, -0.2) is 0 Å². The van der Waals surface area contributed by atoms with Crippen molar-refractivity contribution in [3.05, 3.63) is 172 Å². The third-order valence-corrected chi connectivity index (χ3v) is 13.9. The van der Waals surface area contributed by atoms with Crippen molar-refractivity contribution in [2.75, 3.05) is 0 Å². The van der Waals surface area contributed by atoms with Gasteiger partial charge in [0.25, 0.3) is 0 Å². The molecule has 4 unspecified atom stereocenters. The van der Waals surface area contributed by atoms with E-state index in [1.807, 2.05) is 0 Å². The maximum atomic E-state index is 2.57. The van der Waals surface area contributed by atoms with E-state index in [1.165, 1.54) is 67.3 Å². The molecule has 0 radical (unpaired) electrons. The standard InChI is InChI=1S/C51H48/c1-31-32(2)48-29-41(21-23-45(48)44-10-6-5-9-43(31)44)39-19-17-35-25-33(13-15-37(35)27-39)34-14-16-38-28-40(20-18-36(38)26-34)42-22-24-47-46-11-7-8-12-49(46)51(3,4)50(47)30-42/h5-11,14,16,18,20-28,30-32,48-49H,12-13,15,17,19,29H2,1-4H3. The Balaban J connectivity index is 0.904. The second-order valence-electron chi connectivity index (χ2n) is 16.8. The van der Waals surface area contributed by atoms with E-state index in [0.29, 0.717) is 23.7 Å². The molecule has 4 aromatic carbocycles. The number of benzene rings is 4. The molecule has 10 rings (SSSR count). The highest BCUT2D eigenvalue weighted by atomic mass is 14.5. The minimum atomic E-state index is 0.154. The summed E-state index contributed by atoms with van der Waals surface area (Å²) < 4.78 is 0. The average molecular weight is 661 g/mol. The topological polar surface area (TPSA) is 0 Å². The number of rotatable bonds is 3. The van der Waals surface area contributed by atoms with Gasteiger partial charge in [0.15, 0.2) is 0 Å². The van der Waals surface area contributed by atoms with Gasteiger partial charge in [-0.15, -0.1) is 0 Å². The fourth-order valence-corrected chi connectivity index (χ4v) is 10.7. The molecule has 0 aromatic heterocycles. The normalized spacial score (nSPS) is 25.8. The summed E-state index contributed by atoms with van der Waals surface area (Å²) in [6.45, 7) is 9.78. The van der Waals surface area contributed by atoms with Gasteiger partial charge in [-0.2, -0.15) is 0 Å². The molecule has 0 saturated carbocycles. The second-order valence-corrected chi connectivity index (χ2v) is 16.8. The van der Waals surface area contributed by atoms with E-state index in [4.69, 9.17) is 0 Å². The van der Waals surface area contributed by atoms with Crippen molar-refractivity contribution in [1.29, 1.82) is 0 Å². The predicted molar refractivity (Wildman–Crippen MR) is 217 cm³/mol. The minimum absolute atomic E-state index is 0.154. The van der Waals surface area contributed by atoms with Crippen LogP contribution in [0.15, 0.2) is 144 Å². The van der Waals surface area contributed by atoms with Gasteiger partial charge in [0.1, 0.15) is 0 Å². The van der Waals surface area contributed by atoms with Crippen LogP contribution >= 0.6 is 0 Å². The SMILES string of the molecule is CC1c2ccccc2C2=CC=C(C3=CC4=C(C=C(c5ccc6cc(-c7ccc8c(c7)C(C)(C)C7CC=CC=C87)ccc6c5)CC4)CC3)CC2C1C. The monoisotopic (exact) mass is 660 g/mol. The first kappa shape index (κ1) is 31.1. The zero-order chi connectivity index (χ0) is 34.4. The van der Waals surface area contributed by atoms with Gasteiger partial charge < -0.3 is 0 Å². The first-order valence-corrected chi connectivity index (χ1v) is 19.5. The van der Waals surface area contributed by atoms with Crippen LogP contribution in [-0.2, 0) is 5.41 Å². The van der Waals surface area contributed by atoms with E-state index in [-0.39, 0.29) is 5.41 Å². The molecule has 0 spiro atoms. The largest absolute Gasteiger partial charge is 0.0839 e. The summed E-state index contributed by atoms with van der Waals surface area (Å²) in [4.78, 5) is 0. The van der Waals surface area contributed by atoms with Gasteiger partial charge >= 0.3 is 0 Å². The molecule has 0 amide bonds. The van der Waals surface area contributed by atoms with Gasteiger partial charge in [-0.3, -0.25) is 0 Å². The fraction of sp³-hybridized carbons (Fsp3) is 0.294. The van der Waals surface area contributed by atoms with E-state index in [0.717, 1.165) is 32.1 Å². The third-order valence-electron chi connectivity index (χ3n) is 13.9. The van der Waals surface area contributed by atoms with E-state index in [1.54, 1.807) is 27.9 Å². The Labute approximate surface area is 304 Å². The summed E-state index contributed by atoms with van der Waals surface area (Å²) in [5.74, 6) is 2.47. The number of fused-ring (bicyclic) bond motifs is 7. The molecule has 0 nitrogen and oxygen atoms in total. The summed E-state index contributed by atoms with van der Waals surface area (Å²) in [6.07, 6.45) is 23.8. The zero-order valence-corrected chi connectivity index (χ0v) is 30.6. The summed E-state index contributed by atoms with van der Waals surface area (Å²) in [7, 11) is 0. The van der Waals surface area contributed by atoms with Gasteiger partial charge in [-0.1, -0.05) is 131 Å². The van der Waals surface area contributed by atoms with Crippen LogP contribution in [0.1, 0.15) is 100.0 Å². The Morgan fingerprint density at radius 1 is 0.608 bits per heavy atom. The van der Waals surface area contributed by atoms with Crippen LogP contribution in [0, 0.1) is 17.8 Å². The lowest BCUT2D eigenvalue weighted by Gasteiger charge is -2.40. The summed E-state index contributed by atoms with van der Waals surface area (Å²) in [5.41, 5.74) is 21.0. The Bertz CT molecular complexity index is 2370. The molecular weight excluding hydrogens is 613 g/mol. The summed E-state index contributed by atoms with van der Waals surface area (Å²) in [5, 5.41) is 2.65. The molecule has 4 atom stereocenters. The minimum Gasteiger partial charge on any atom is -0.0839 e. The summed E-state index contributed by atoms with van der Waals surface area (Å²) in [6, 6.07) is 30.5. The van der Waals surface area contributed by atoms with E-state index in [9.17, 15) is 0 Å². The van der Waals surface area contributed by atoms with Crippen molar-refractivity contribution >= 4 is 27.5 Å². The lowest BCUT2D eigenvalue weighted by molar-refractivity contribution is 0.364. The second kappa shape index (κ2) is 11.7. The smallest absolute Gasteiger partial charge is 0.00255 e. The number of allylic oxidation sites excluding steroid dienone is 14. The van der Waals surface area contributed by atoms with Gasteiger partial charge in [-0.05, 0) is 175 Å². The van der Waals surface area contributed by atoms with Gasteiger partial charge in [0, 0.05) is 0 Å². The fourth-order valence-electron chi connectivity index (χ4n) is 10.7. The van der Waals surface area contributed by atoms with E-state index >= 15 is 0 Å². The van der Waals surface area contributed by atoms with Crippen molar-refractivity contribution in [1.82, 2.24) is 0 Å². The number of hydrogen-bond donors (Lipinski definition) is 0. The molecule has 4 aromatic rings. The molecular formula is C51H48. The van der Waals surface area contributed by atoms with E-state index in [2.05, 4.69) is 149 Å². The van der Waals surface area contributed by atoms with E-state index < -0.39 is 0 Å². The third kappa shape index (κ3) is 4.93. The van der Waals surface area contributed by atoms with Crippen molar-refractivity contribution < 1.29 is 0 Å². The molecule has 0 bridgehead atoms. The maximum absolute atomic E-state index is 2.57. The zero-order valence-electron chi connectivity index (χ0n) is 30.6. The van der Waals surface area contributed by atoms with Crippen molar-refractivity contribution in [3.8, 4) is 11.1 Å². The predicted octanol–water partition coefficient (Wildman–Crippen LogP) is 13.7. The van der Waals surface area contributed by atoms with Crippen LogP contribution in [0.5, 0.6) is 0 Å². The lowest BCUT2D eigenvalue weighted by atomic mass is 9.64. The molecule has 51 heavy (non-hydrogen) atoms. The van der Waals surface area contributed by atoms with Crippen LogP contribution < -0.4 is 0 Å². The molecule has 0 fully saturated rings. The number of hydrogen-bond acceptors (Lipinski definition) is 0. The van der Waals surface area contributed by atoms with Crippen molar-refractivity contribution in [2.45, 2.75) is 77.6 Å². The quantitative estimate of drug-likeness (QED) is 0.205. The summed E-state index contributed by atoms with van der Waals surface area (Å²) >= 11 is 0. The van der Waals surface area contributed by atoms with Crippen LogP contribution in [0.4, 0.5) is 0 Å². The molecule has 0 heteroatoms. The Kier molecular flexibility index (Phi) is 7.12. The molecule has 0 saturated heterocycles. The van der Waals surface area contributed by atoms with Crippen LogP contribution in [0.2, 0.25) is 0 Å². The molecule has 0 heterocycles.